The van der Waals surface area contributed by atoms with Gasteiger partial charge < -0.3 is 14.2 Å². The molecule has 2 N–H and O–H groups in total. The first-order valence-electron chi connectivity index (χ1n) is 13.0. The quantitative estimate of drug-likeness (QED) is 0.280. The average Bonchev–Trinajstić information content (AvgIpc) is 3.60. The van der Waals surface area contributed by atoms with Crippen molar-refractivity contribution in [1.82, 2.24) is 14.6 Å². The molecule has 3 aromatic rings. The van der Waals surface area contributed by atoms with E-state index in [1.54, 1.807) is 38.2 Å². The molecule has 12 heteroatoms. The third-order valence-corrected chi connectivity index (χ3v) is 8.32. The van der Waals surface area contributed by atoms with Crippen molar-refractivity contribution in [3.05, 3.63) is 70.9 Å². The van der Waals surface area contributed by atoms with Crippen LogP contribution < -0.4 is 15.3 Å². The minimum absolute atomic E-state index is 0.0945. The van der Waals surface area contributed by atoms with Crippen molar-refractivity contribution in [2.45, 2.75) is 64.2 Å². The number of fused-ring (bicyclic) bond motifs is 1. The molecule has 0 amide bonds. The van der Waals surface area contributed by atoms with E-state index in [1.165, 1.54) is 4.57 Å². The molecule has 4 atom stereocenters. The van der Waals surface area contributed by atoms with Crippen molar-refractivity contribution in [3.63, 3.8) is 0 Å². The minimum Gasteiger partial charge on any atom is -0.461 e. The number of aromatic nitrogens is 2. The number of hydrogen-bond acceptors (Lipinski definition) is 10. The van der Waals surface area contributed by atoms with Crippen LogP contribution in [0.15, 0.2) is 59.5 Å². The monoisotopic (exact) mass is 558 g/mol. The zero-order valence-corrected chi connectivity index (χ0v) is 22.8. The Kier molecular flexibility index (Phi) is 8.56. The molecule has 2 aromatic carbocycles. The number of nitrogens with one attached hydrogen (secondary N) is 1. The van der Waals surface area contributed by atoms with Gasteiger partial charge in [0, 0.05) is 17.3 Å². The first-order chi connectivity index (χ1) is 18.8. The summed E-state index contributed by atoms with van der Waals surface area (Å²) in [5, 5.41) is 4.52. The molecule has 1 saturated heterocycles. The predicted octanol–water partition coefficient (Wildman–Crippen LogP) is 3.81. The Morgan fingerprint density at radius 3 is 2.77 bits per heavy atom. The lowest BCUT2D eigenvalue weighted by Gasteiger charge is -2.22. The standard InChI is InChI=1S/C27H33N3O8P/c1-18-14-15-30(27(32)28-18)24-16-34-25(37-24)17-35-39(33,29-19(2)26(31)36-21-10-4-5-11-21)38-23-13-7-9-20-8-3-6-12-22(20)23/h3,6-9,12-15,19,21,24-25,29,33H,4-5,10-11,16-17H2,1-2H3/q+1/t19-,24?,25?,39?/m0/s1. The second-order valence-electron chi connectivity index (χ2n) is 9.69. The summed E-state index contributed by atoms with van der Waals surface area (Å²) in [4.78, 5) is 40.5. The van der Waals surface area contributed by atoms with E-state index in [0.29, 0.717) is 11.4 Å². The molecular formula is C27H33N3O8P+. The number of ether oxygens (including phenoxy) is 3. The van der Waals surface area contributed by atoms with Gasteiger partial charge in [0.1, 0.15) is 12.1 Å². The molecule has 39 heavy (non-hydrogen) atoms. The summed E-state index contributed by atoms with van der Waals surface area (Å²) in [5.74, 6) is -0.110. The predicted molar refractivity (Wildman–Crippen MR) is 144 cm³/mol. The van der Waals surface area contributed by atoms with Gasteiger partial charge in [-0.05, 0) is 57.0 Å². The fourth-order valence-electron chi connectivity index (χ4n) is 4.62. The summed E-state index contributed by atoms with van der Waals surface area (Å²) in [6.45, 7) is 3.19. The van der Waals surface area contributed by atoms with Crippen molar-refractivity contribution < 1.29 is 32.9 Å². The SMILES string of the molecule is Cc1ccn(C2COC(CO[P+](O)(N[C@@H](C)C(=O)OC3CCCC3)Oc3cccc4ccccc34)O2)c(=O)n1. The van der Waals surface area contributed by atoms with E-state index in [0.717, 1.165) is 36.5 Å². The van der Waals surface area contributed by atoms with E-state index in [4.69, 9.17) is 23.3 Å². The summed E-state index contributed by atoms with van der Waals surface area (Å²) in [6, 6.07) is 13.8. The molecule has 0 spiro atoms. The van der Waals surface area contributed by atoms with Crippen LogP contribution in [-0.2, 0) is 23.5 Å². The Balaban J connectivity index is 1.30. The van der Waals surface area contributed by atoms with Gasteiger partial charge in [-0.25, -0.2) is 4.79 Å². The van der Waals surface area contributed by atoms with Gasteiger partial charge >= 0.3 is 19.8 Å². The average molecular weight is 559 g/mol. The number of esters is 1. The van der Waals surface area contributed by atoms with E-state index in [2.05, 4.69) is 10.1 Å². The summed E-state index contributed by atoms with van der Waals surface area (Å²) in [6.07, 6.45) is 3.59. The lowest BCUT2D eigenvalue weighted by Crippen LogP contribution is -2.39. The highest BCUT2D eigenvalue weighted by atomic mass is 31.2. The molecule has 0 radical (unpaired) electrons. The van der Waals surface area contributed by atoms with Gasteiger partial charge in [-0.1, -0.05) is 41.5 Å². The van der Waals surface area contributed by atoms with E-state index in [9.17, 15) is 14.5 Å². The van der Waals surface area contributed by atoms with Crippen LogP contribution in [0, 0.1) is 6.92 Å². The second kappa shape index (κ2) is 12.1. The number of carbonyl (C=O) groups excluding carboxylic acids is 1. The lowest BCUT2D eigenvalue weighted by atomic mass is 10.1. The number of hydrogen-bond donors (Lipinski definition) is 2. The van der Waals surface area contributed by atoms with Gasteiger partial charge in [0.2, 0.25) is 0 Å². The Morgan fingerprint density at radius 1 is 1.21 bits per heavy atom. The number of nitrogens with zero attached hydrogens (tertiary/aromatic N) is 2. The fraction of sp³-hybridized carbons (Fsp3) is 0.444. The molecule has 2 fully saturated rings. The Bertz CT molecular complexity index is 1360. The zero-order chi connectivity index (χ0) is 27.4. The maximum Gasteiger partial charge on any atom is 0.544 e. The molecule has 3 unspecified atom stereocenters. The van der Waals surface area contributed by atoms with E-state index in [-0.39, 0.29) is 19.3 Å². The largest absolute Gasteiger partial charge is 0.544 e. The number of aryl methyl sites for hydroxylation is 1. The number of carbonyl (C=O) groups is 1. The van der Waals surface area contributed by atoms with E-state index >= 15 is 0 Å². The normalized spacial score (nSPS) is 22.0. The van der Waals surface area contributed by atoms with E-state index in [1.807, 2.05) is 30.3 Å². The smallest absolute Gasteiger partial charge is 0.461 e. The molecule has 2 heterocycles. The second-order valence-corrected chi connectivity index (χ2v) is 11.4. The summed E-state index contributed by atoms with van der Waals surface area (Å²) in [5.41, 5.74) is 0.145. The summed E-state index contributed by atoms with van der Waals surface area (Å²) in [7, 11) is -3.90. The van der Waals surface area contributed by atoms with Gasteiger partial charge in [-0.3, -0.25) is 13.9 Å². The maximum atomic E-state index is 12.8. The highest BCUT2D eigenvalue weighted by molar-refractivity contribution is 7.59. The number of rotatable bonds is 10. The molecule has 1 aromatic heterocycles. The molecule has 11 nitrogen and oxygen atoms in total. The topological polar surface area (TPSA) is 130 Å². The van der Waals surface area contributed by atoms with Crippen LogP contribution >= 0.6 is 8.09 Å². The van der Waals surface area contributed by atoms with Crippen LogP contribution in [0.4, 0.5) is 0 Å². The van der Waals surface area contributed by atoms with Gasteiger partial charge in [-0.2, -0.15) is 14.4 Å². The van der Waals surface area contributed by atoms with Crippen LogP contribution in [0.1, 0.15) is 44.5 Å². The summed E-state index contributed by atoms with van der Waals surface area (Å²) >= 11 is 0. The van der Waals surface area contributed by atoms with Crippen molar-refractivity contribution in [3.8, 4) is 5.75 Å². The Morgan fingerprint density at radius 2 is 1.97 bits per heavy atom. The van der Waals surface area contributed by atoms with Crippen molar-refractivity contribution >= 4 is 24.8 Å². The highest BCUT2D eigenvalue weighted by Gasteiger charge is 2.49. The molecule has 1 aliphatic carbocycles. The Labute approximate surface area is 226 Å². The maximum absolute atomic E-state index is 12.8. The van der Waals surface area contributed by atoms with Gasteiger partial charge in [0.25, 0.3) is 0 Å². The van der Waals surface area contributed by atoms with Gasteiger partial charge in [-0.15, -0.1) is 0 Å². The zero-order valence-electron chi connectivity index (χ0n) is 21.9. The Hall–Kier alpha value is -2.92. The van der Waals surface area contributed by atoms with Gasteiger partial charge in [0.15, 0.2) is 24.9 Å². The molecule has 0 bridgehead atoms. The van der Waals surface area contributed by atoms with Crippen molar-refractivity contribution in [2.75, 3.05) is 13.2 Å². The molecular weight excluding hydrogens is 525 g/mol. The number of benzene rings is 2. The van der Waals surface area contributed by atoms with Crippen LogP contribution in [0.5, 0.6) is 5.75 Å². The first kappa shape index (κ1) is 27.6. The first-order valence-corrected chi connectivity index (χ1v) is 14.6. The van der Waals surface area contributed by atoms with Crippen LogP contribution in [0.25, 0.3) is 10.8 Å². The summed E-state index contributed by atoms with van der Waals surface area (Å²) < 4.78 is 30.4. The lowest BCUT2D eigenvalue weighted by molar-refractivity contribution is -0.150. The molecule has 1 saturated carbocycles. The molecule has 5 rings (SSSR count). The fourth-order valence-corrected chi connectivity index (χ4v) is 6.15. The van der Waals surface area contributed by atoms with Gasteiger partial charge in [0.05, 0.1) is 6.61 Å². The van der Waals surface area contributed by atoms with Crippen molar-refractivity contribution in [2.24, 2.45) is 0 Å². The third kappa shape index (κ3) is 6.81. The highest BCUT2D eigenvalue weighted by Crippen LogP contribution is 2.54. The molecule has 208 valence electrons. The molecule has 1 aliphatic heterocycles. The van der Waals surface area contributed by atoms with Crippen LogP contribution in [0.2, 0.25) is 0 Å². The van der Waals surface area contributed by atoms with Crippen molar-refractivity contribution in [1.29, 1.82) is 0 Å². The minimum atomic E-state index is -3.90. The third-order valence-electron chi connectivity index (χ3n) is 6.67. The van der Waals surface area contributed by atoms with E-state index < -0.39 is 38.3 Å². The molecule has 2 aliphatic rings. The van der Waals surface area contributed by atoms with Crippen LogP contribution in [-0.4, -0.2) is 52.1 Å². The van der Waals surface area contributed by atoms with Crippen LogP contribution in [0.3, 0.4) is 0 Å².